The highest BCUT2D eigenvalue weighted by Gasteiger charge is 2.32. The van der Waals surface area contributed by atoms with Crippen LogP contribution >= 0.6 is 0 Å². The summed E-state index contributed by atoms with van der Waals surface area (Å²) in [6.45, 7) is 2.72. The van der Waals surface area contributed by atoms with Gasteiger partial charge in [0.05, 0.1) is 12.3 Å². The van der Waals surface area contributed by atoms with E-state index in [9.17, 15) is 4.48 Å². The Morgan fingerprint density at radius 2 is 2.42 bits per heavy atom. The Hall–Kier alpha value is -1.43. The predicted molar refractivity (Wildman–Crippen MR) is 75.7 cm³/mol. The monoisotopic (exact) mass is 267 g/mol. The number of nitrogens with zero attached hydrogens (tertiary/aromatic N) is 4. The zero-order chi connectivity index (χ0) is 13.8. The lowest BCUT2D eigenvalue weighted by Crippen LogP contribution is -2.38. The summed E-state index contributed by atoms with van der Waals surface area (Å²) in [5, 5.41) is 4.65. The molecule has 1 heterocycles. The number of hydrogen-bond donors (Lipinski definition) is 1. The molecule has 0 radical (unpaired) electrons. The molecule has 1 fully saturated rings. The first-order valence-corrected chi connectivity index (χ1v) is 6.73. The molecule has 1 saturated heterocycles. The number of hydrazone groups is 1. The van der Waals surface area contributed by atoms with Crippen LogP contribution in [0.3, 0.4) is 0 Å². The second-order valence-corrected chi connectivity index (χ2v) is 5.00. The molecular weight excluding hydrogens is 245 g/mol. The van der Waals surface area contributed by atoms with E-state index in [2.05, 4.69) is 26.5 Å². The van der Waals surface area contributed by atoms with Crippen molar-refractivity contribution in [2.75, 3.05) is 20.6 Å². The number of nitrogens with one attached hydrogen (secondary N) is 1. The molecule has 5 nitrogen and oxygen atoms in total. The fourth-order valence-corrected chi connectivity index (χ4v) is 2.30. The van der Waals surface area contributed by atoms with Crippen molar-refractivity contribution in [1.29, 1.82) is 0 Å². The van der Waals surface area contributed by atoms with Crippen LogP contribution in [0.15, 0.2) is 21.7 Å². The molecule has 0 aromatic rings. The van der Waals surface area contributed by atoms with Gasteiger partial charge in [0.15, 0.2) is 0 Å². The Morgan fingerprint density at radius 1 is 1.68 bits per heavy atom. The molecule has 19 heavy (non-hydrogen) atoms. The minimum Gasteiger partial charge on any atom is -0.349 e. The first-order valence-electron chi connectivity index (χ1n) is 6.73. The maximum absolute atomic E-state index is 12.8. The number of aliphatic imine (C=N–C) groups is 1. The summed E-state index contributed by atoms with van der Waals surface area (Å²) in [4.78, 5) is 6.58. The largest absolute Gasteiger partial charge is 0.349 e. The lowest BCUT2D eigenvalue weighted by molar-refractivity contribution is 0.00260. The fourth-order valence-electron chi connectivity index (χ4n) is 2.30. The van der Waals surface area contributed by atoms with Gasteiger partial charge >= 0.3 is 0 Å². The number of allylic oxidation sites excluding steroid dienone is 1. The van der Waals surface area contributed by atoms with Gasteiger partial charge in [0.1, 0.15) is 12.0 Å². The molecule has 0 saturated carbocycles. The fraction of sp³-hybridized carbons (Fsp3) is 0.692. The van der Waals surface area contributed by atoms with E-state index in [1.54, 1.807) is 20.2 Å². The number of hydrogen-bond acceptors (Lipinski definition) is 4. The second kappa shape index (κ2) is 6.14. The summed E-state index contributed by atoms with van der Waals surface area (Å²) < 4.78 is 12.8. The van der Waals surface area contributed by atoms with Crippen molar-refractivity contribution in [3.05, 3.63) is 11.6 Å². The highest BCUT2D eigenvalue weighted by atomic mass is 19.2. The van der Waals surface area contributed by atoms with Crippen molar-refractivity contribution in [3.63, 3.8) is 0 Å². The molecule has 0 aromatic heterocycles. The van der Waals surface area contributed by atoms with Crippen LogP contribution in [-0.2, 0) is 0 Å². The van der Waals surface area contributed by atoms with Crippen molar-refractivity contribution >= 4 is 12.1 Å². The number of amidine groups is 1. The average Bonchev–Trinajstić information content (AvgIpc) is 3.13. The quantitative estimate of drug-likeness (QED) is 0.205. The van der Waals surface area contributed by atoms with Gasteiger partial charge < -0.3 is 4.90 Å². The van der Waals surface area contributed by atoms with Gasteiger partial charge in [0, 0.05) is 20.6 Å². The molecule has 2 atom stereocenters. The number of halogens is 1. The Bertz CT molecular complexity index is 402. The smallest absolute Gasteiger partial charge is 0.144 e. The molecule has 1 aliphatic carbocycles. The Labute approximate surface area is 113 Å². The number of likely N-dealkylation sites (tertiary alicyclic amines) is 1. The zero-order valence-corrected chi connectivity index (χ0v) is 11.8. The Balaban J connectivity index is 1.93. The number of rotatable bonds is 5. The third-order valence-electron chi connectivity index (χ3n) is 3.62. The SMILES string of the molecule is CN=C(/C=N\NC(C)N(C)F)N1CCCC1C1=CC1. The van der Waals surface area contributed by atoms with Crippen molar-refractivity contribution in [3.8, 4) is 0 Å². The minimum atomic E-state index is -0.449. The second-order valence-electron chi connectivity index (χ2n) is 5.00. The molecule has 2 rings (SSSR count). The molecule has 0 amide bonds. The summed E-state index contributed by atoms with van der Waals surface area (Å²) in [7, 11) is 3.13. The maximum atomic E-state index is 12.8. The lowest BCUT2D eigenvalue weighted by atomic mass is 10.1. The average molecular weight is 267 g/mol. The zero-order valence-electron chi connectivity index (χ0n) is 11.8. The van der Waals surface area contributed by atoms with Gasteiger partial charge in [-0.05, 0) is 31.8 Å². The van der Waals surface area contributed by atoms with E-state index in [1.807, 2.05) is 0 Å². The molecule has 2 unspecified atom stereocenters. The van der Waals surface area contributed by atoms with Crippen LogP contribution in [0.1, 0.15) is 26.2 Å². The van der Waals surface area contributed by atoms with E-state index in [1.165, 1.54) is 25.5 Å². The van der Waals surface area contributed by atoms with Crippen LogP contribution in [0.5, 0.6) is 0 Å². The molecule has 106 valence electrons. The highest BCUT2D eigenvalue weighted by Crippen LogP contribution is 2.33. The first-order chi connectivity index (χ1) is 9.13. The van der Waals surface area contributed by atoms with Gasteiger partial charge in [-0.25, -0.2) is 0 Å². The highest BCUT2D eigenvalue weighted by molar-refractivity contribution is 6.29. The topological polar surface area (TPSA) is 43.2 Å². The molecule has 6 heteroatoms. The lowest BCUT2D eigenvalue weighted by Gasteiger charge is -2.24. The Morgan fingerprint density at radius 3 is 3.00 bits per heavy atom. The molecule has 0 bridgehead atoms. The van der Waals surface area contributed by atoms with Crippen molar-refractivity contribution in [2.45, 2.75) is 38.4 Å². The van der Waals surface area contributed by atoms with Gasteiger partial charge in [0.2, 0.25) is 0 Å². The minimum absolute atomic E-state index is 0.449. The van der Waals surface area contributed by atoms with Gasteiger partial charge in [-0.2, -0.15) is 5.10 Å². The van der Waals surface area contributed by atoms with Crippen LogP contribution in [0.2, 0.25) is 0 Å². The van der Waals surface area contributed by atoms with Gasteiger partial charge in [-0.1, -0.05) is 6.08 Å². The van der Waals surface area contributed by atoms with Crippen LogP contribution in [-0.4, -0.2) is 54.9 Å². The van der Waals surface area contributed by atoms with Crippen LogP contribution in [0.4, 0.5) is 4.48 Å². The summed E-state index contributed by atoms with van der Waals surface area (Å²) in [6.07, 6.45) is 7.02. The Kier molecular flexibility index (Phi) is 4.52. The summed E-state index contributed by atoms with van der Waals surface area (Å²) in [6, 6.07) is 0.492. The van der Waals surface area contributed by atoms with E-state index in [-0.39, 0.29) is 0 Å². The molecule has 2 aliphatic rings. The summed E-state index contributed by atoms with van der Waals surface area (Å²) >= 11 is 0. The van der Waals surface area contributed by atoms with Crippen molar-refractivity contribution < 1.29 is 4.48 Å². The third kappa shape index (κ3) is 3.53. The van der Waals surface area contributed by atoms with E-state index in [0.29, 0.717) is 11.2 Å². The van der Waals surface area contributed by atoms with Gasteiger partial charge in [0.25, 0.3) is 0 Å². The third-order valence-corrected chi connectivity index (χ3v) is 3.62. The van der Waals surface area contributed by atoms with Crippen molar-refractivity contribution in [2.24, 2.45) is 10.1 Å². The molecule has 0 spiro atoms. The molecular formula is C13H22FN5. The standard InChI is InChI=1S/C13H22FN5/c1-10(18(3)14)17-16-9-13(15-2)19-8-4-5-12(19)11-6-7-11/h6,9-10,12,17H,4-5,7-8H2,1-3H3/b15-13?,16-9-. The predicted octanol–water partition coefficient (Wildman–Crippen LogP) is 1.55. The summed E-state index contributed by atoms with van der Waals surface area (Å²) in [5.41, 5.74) is 4.24. The van der Waals surface area contributed by atoms with Gasteiger partial charge in [-0.15, -0.1) is 9.60 Å². The maximum Gasteiger partial charge on any atom is 0.144 e. The van der Waals surface area contributed by atoms with Crippen LogP contribution < -0.4 is 5.43 Å². The van der Waals surface area contributed by atoms with E-state index in [0.717, 1.165) is 18.8 Å². The van der Waals surface area contributed by atoms with E-state index >= 15 is 0 Å². The summed E-state index contributed by atoms with van der Waals surface area (Å²) in [5.74, 6) is 0.858. The van der Waals surface area contributed by atoms with Gasteiger partial charge in [-0.3, -0.25) is 10.4 Å². The normalized spacial score (nSPS) is 25.1. The van der Waals surface area contributed by atoms with Crippen LogP contribution in [0, 0.1) is 0 Å². The molecule has 0 aromatic carbocycles. The van der Waals surface area contributed by atoms with E-state index in [4.69, 9.17) is 0 Å². The van der Waals surface area contributed by atoms with E-state index < -0.39 is 6.17 Å². The first kappa shape index (κ1) is 14.0. The molecule has 1 aliphatic heterocycles. The molecule has 1 N–H and O–H groups in total. The van der Waals surface area contributed by atoms with Crippen LogP contribution in [0.25, 0.3) is 0 Å². The van der Waals surface area contributed by atoms with Crippen molar-refractivity contribution in [1.82, 2.24) is 15.4 Å².